The predicted molar refractivity (Wildman–Crippen MR) is 76.3 cm³/mol. The molecule has 17 heavy (non-hydrogen) atoms. The maximum atomic E-state index is 3.63. The molecule has 0 aliphatic heterocycles. The van der Waals surface area contributed by atoms with E-state index in [0.29, 0.717) is 17.9 Å². The van der Waals surface area contributed by atoms with Crippen molar-refractivity contribution in [2.45, 2.75) is 59.5 Å². The Morgan fingerprint density at radius 3 is 2.00 bits per heavy atom. The van der Waals surface area contributed by atoms with Crippen LogP contribution in [0.25, 0.3) is 0 Å². The topological polar surface area (TPSA) is 12.0 Å². The molecule has 1 atom stereocenters. The largest absolute Gasteiger partial charge is 0.310 e. The Morgan fingerprint density at radius 1 is 1.00 bits per heavy atom. The molecule has 0 aromatic heterocycles. The molecule has 1 aromatic carbocycles. The third-order valence-corrected chi connectivity index (χ3v) is 3.46. The molecule has 0 spiro atoms. The second kappa shape index (κ2) is 6.80. The highest BCUT2D eigenvalue weighted by atomic mass is 14.9. The van der Waals surface area contributed by atoms with Gasteiger partial charge in [0.1, 0.15) is 0 Å². The summed E-state index contributed by atoms with van der Waals surface area (Å²) in [6.07, 6.45) is 1.20. The molecule has 0 saturated heterocycles. The highest BCUT2D eigenvalue weighted by Gasteiger charge is 2.09. The summed E-state index contributed by atoms with van der Waals surface area (Å²) >= 11 is 0. The number of hydrogen-bond donors (Lipinski definition) is 1. The molecule has 0 fully saturated rings. The summed E-state index contributed by atoms with van der Waals surface area (Å²) in [5.41, 5.74) is 2.80. The second-order valence-corrected chi connectivity index (χ2v) is 5.54. The lowest BCUT2D eigenvalue weighted by Gasteiger charge is -2.20. The smallest absolute Gasteiger partial charge is 0.0208 e. The molecular weight excluding hydrogens is 206 g/mol. The van der Waals surface area contributed by atoms with Crippen molar-refractivity contribution >= 4 is 0 Å². The van der Waals surface area contributed by atoms with Crippen molar-refractivity contribution in [1.29, 1.82) is 0 Å². The van der Waals surface area contributed by atoms with E-state index in [-0.39, 0.29) is 0 Å². The summed E-state index contributed by atoms with van der Waals surface area (Å²) in [4.78, 5) is 0. The van der Waals surface area contributed by atoms with Gasteiger partial charge in [0.25, 0.3) is 0 Å². The van der Waals surface area contributed by atoms with Crippen LogP contribution in [-0.2, 0) is 6.54 Å². The first-order valence-corrected chi connectivity index (χ1v) is 6.86. The molecule has 1 N–H and O–H groups in total. The van der Waals surface area contributed by atoms with Crippen molar-refractivity contribution in [2.75, 3.05) is 0 Å². The van der Waals surface area contributed by atoms with Crippen molar-refractivity contribution in [3.8, 4) is 0 Å². The van der Waals surface area contributed by atoms with E-state index < -0.39 is 0 Å². The zero-order chi connectivity index (χ0) is 12.8. The molecule has 0 amide bonds. The first-order chi connectivity index (χ1) is 8.04. The molecule has 0 aliphatic carbocycles. The first-order valence-electron chi connectivity index (χ1n) is 6.86. The Bertz CT molecular complexity index is 311. The summed E-state index contributed by atoms with van der Waals surface area (Å²) in [7, 11) is 0. The molecule has 1 unspecified atom stereocenters. The van der Waals surface area contributed by atoms with Crippen molar-refractivity contribution in [3.05, 3.63) is 35.4 Å². The number of hydrogen-bond acceptors (Lipinski definition) is 1. The molecule has 0 aliphatic rings. The van der Waals surface area contributed by atoms with E-state index in [1.54, 1.807) is 0 Å². The number of rotatable bonds is 6. The number of benzene rings is 1. The Balaban J connectivity index is 2.52. The van der Waals surface area contributed by atoms with Gasteiger partial charge in [-0.05, 0) is 29.4 Å². The Kier molecular flexibility index (Phi) is 5.70. The lowest BCUT2D eigenvalue weighted by molar-refractivity contribution is 0.387. The van der Waals surface area contributed by atoms with Crippen molar-refractivity contribution in [3.63, 3.8) is 0 Å². The third-order valence-electron chi connectivity index (χ3n) is 3.46. The quantitative estimate of drug-likeness (QED) is 0.771. The van der Waals surface area contributed by atoms with Gasteiger partial charge in [0.05, 0.1) is 0 Å². The van der Waals surface area contributed by atoms with Gasteiger partial charge in [0.2, 0.25) is 0 Å². The molecule has 1 heteroatoms. The zero-order valence-corrected chi connectivity index (χ0v) is 12.0. The maximum absolute atomic E-state index is 3.63. The van der Waals surface area contributed by atoms with Gasteiger partial charge in [0, 0.05) is 12.6 Å². The Morgan fingerprint density at radius 2 is 1.59 bits per heavy atom. The maximum Gasteiger partial charge on any atom is 0.0208 e. The SMILES string of the molecule is CCC(NCc1ccc(C(C)C)cc1)C(C)C. The monoisotopic (exact) mass is 233 g/mol. The molecule has 0 bridgehead atoms. The van der Waals surface area contributed by atoms with Crippen LogP contribution in [-0.4, -0.2) is 6.04 Å². The van der Waals surface area contributed by atoms with Crippen LogP contribution < -0.4 is 5.32 Å². The van der Waals surface area contributed by atoms with E-state index in [9.17, 15) is 0 Å². The lowest BCUT2D eigenvalue weighted by atomic mass is 10.00. The minimum Gasteiger partial charge on any atom is -0.310 e. The lowest BCUT2D eigenvalue weighted by Crippen LogP contribution is -2.32. The minimum atomic E-state index is 0.621. The first kappa shape index (κ1) is 14.2. The van der Waals surface area contributed by atoms with Crippen LogP contribution in [0.5, 0.6) is 0 Å². The van der Waals surface area contributed by atoms with Gasteiger partial charge in [-0.2, -0.15) is 0 Å². The molecular formula is C16H27N. The third kappa shape index (κ3) is 4.51. The summed E-state index contributed by atoms with van der Waals surface area (Å²) in [5.74, 6) is 1.33. The van der Waals surface area contributed by atoms with Gasteiger partial charge in [0.15, 0.2) is 0 Å². The van der Waals surface area contributed by atoms with Crippen LogP contribution in [0.3, 0.4) is 0 Å². The van der Waals surface area contributed by atoms with Gasteiger partial charge in [-0.1, -0.05) is 58.9 Å². The average molecular weight is 233 g/mol. The van der Waals surface area contributed by atoms with Crippen LogP contribution in [0.1, 0.15) is 58.1 Å². The predicted octanol–water partition coefficient (Wildman–Crippen LogP) is 4.33. The molecule has 0 heterocycles. The Hall–Kier alpha value is -0.820. The van der Waals surface area contributed by atoms with Crippen molar-refractivity contribution in [1.82, 2.24) is 5.32 Å². The van der Waals surface area contributed by atoms with E-state index in [1.807, 2.05) is 0 Å². The van der Waals surface area contributed by atoms with E-state index in [0.717, 1.165) is 6.54 Å². The van der Waals surface area contributed by atoms with E-state index >= 15 is 0 Å². The summed E-state index contributed by atoms with van der Waals surface area (Å²) in [6, 6.07) is 9.61. The molecule has 96 valence electrons. The fourth-order valence-corrected chi connectivity index (χ4v) is 2.12. The fourth-order valence-electron chi connectivity index (χ4n) is 2.12. The number of nitrogens with one attached hydrogen (secondary N) is 1. The van der Waals surface area contributed by atoms with Gasteiger partial charge < -0.3 is 5.32 Å². The van der Waals surface area contributed by atoms with Gasteiger partial charge in [-0.25, -0.2) is 0 Å². The standard InChI is InChI=1S/C16H27N/c1-6-16(13(4)5)17-11-14-7-9-15(10-8-14)12(2)3/h7-10,12-13,16-17H,6,11H2,1-5H3. The van der Waals surface area contributed by atoms with Crippen LogP contribution in [0.4, 0.5) is 0 Å². The van der Waals surface area contributed by atoms with Gasteiger partial charge >= 0.3 is 0 Å². The highest BCUT2D eigenvalue weighted by Crippen LogP contribution is 2.15. The molecule has 1 aromatic rings. The van der Waals surface area contributed by atoms with E-state index in [1.165, 1.54) is 17.5 Å². The molecule has 0 radical (unpaired) electrons. The van der Waals surface area contributed by atoms with Crippen molar-refractivity contribution in [2.24, 2.45) is 5.92 Å². The van der Waals surface area contributed by atoms with E-state index in [2.05, 4.69) is 64.2 Å². The van der Waals surface area contributed by atoms with Crippen molar-refractivity contribution < 1.29 is 0 Å². The summed E-state index contributed by atoms with van der Waals surface area (Å²) in [5, 5.41) is 3.63. The molecule has 1 rings (SSSR count). The van der Waals surface area contributed by atoms with Crippen LogP contribution in [0.2, 0.25) is 0 Å². The van der Waals surface area contributed by atoms with Crippen LogP contribution in [0, 0.1) is 5.92 Å². The van der Waals surface area contributed by atoms with Gasteiger partial charge in [-0.15, -0.1) is 0 Å². The molecule has 1 nitrogen and oxygen atoms in total. The summed E-state index contributed by atoms with van der Waals surface area (Å²) < 4.78 is 0. The van der Waals surface area contributed by atoms with E-state index in [4.69, 9.17) is 0 Å². The van der Waals surface area contributed by atoms with Crippen LogP contribution >= 0.6 is 0 Å². The average Bonchev–Trinajstić information content (AvgIpc) is 2.30. The van der Waals surface area contributed by atoms with Gasteiger partial charge in [-0.3, -0.25) is 0 Å². The second-order valence-electron chi connectivity index (χ2n) is 5.54. The fraction of sp³-hybridized carbons (Fsp3) is 0.625. The Labute approximate surface area is 107 Å². The molecule has 0 saturated carbocycles. The zero-order valence-electron chi connectivity index (χ0n) is 12.0. The minimum absolute atomic E-state index is 0.621. The summed E-state index contributed by atoms with van der Waals surface area (Å²) in [6.45, 7) is 12.3. The van der Waals surface area contributed by atoms with Crippen LogP contribution in [0.15, 0.2) is 24.3 Å². The highest BCUT2D eigenvalue weighted by molar-refractivity contribution is 5.24. The normalized spacial score (nSPS) is 13.4.